The molecule has 1 saturated heterocycles. The molecule has 0 spiro atoms. The van der Waals surface area contributed by atoms with Gasteiger partial charge in [-0.1, -0.05) is 6.92 Å². The Balaban J connectivity index is 0.00000312. The zero-order valence-corrected chi connectivity index (χ0v) is 15.3. The van der Waals surface area contributed by atoms with E-state index in [1.807, 2.05) is 6.92 Å². The number of halogens is 1. The smallest absolute Gasteiger partial charge is 0.337 e. The predicted octanol–water partition coefficient (Wildman–Crippen LogP) is 2.15. The van der Waals surface area contributed by atoms with Crippen molar-refractivity contribution in [3.63, 3.8) is 0 Å². The van der Waals surface area contributed by atoms with Gasteiger partial charge in [0.05, 0.1) is 30.9 Å². The van der Waals surface area contributed by atoms with Gasteiger partial charge in [-0.2, -0.15) is 0 Å². The van der Waals surface area contributed by atoms with Gasteiger partial charge < -0.3 is 20.1 Å². The quantitative estimate of drug-likeness (QED) is 0.771. The SMILES string of the molecule is CCC1(C(=O)Nc2cc(C(=O)OC)cc(C(=O)OC)c2)CCCN1.Cl. The van der Waals surface area contributed by atoms with Crippen LogP contribution in [0, 0.1) is 0 Å². The summed E-state index contributed by atoms with van der Waals surface area (Å²) in [4.78, 5) is 36.2. The van der Waals surface area contributed by atoms with Gasteiger partial charge >= 0.3 is 11.9 Å². The standard InChI is InChI=1S/C17H22N2O5.ClH/c1-4-17(6-5-7-18-17)16(22)19-13-9-11(14(20)23-2)8-12(10-13)15(21)24-3;/h8-10,18H,4-7H2,1-3H3,(H,19,22);1H. The number of nitrogens with one attached hydrogen (secondary N) is 2. The van der Waals surface area contributed by atoms with Crippen LogP contribution in [0.3, 0.4) is 0 Å². The fraction of sp³-hybridized carbons (Fsp3) is 0.471. The van der Waals surface area contributed by atoms with Crippen LogP contribution >= 0.6 is 12.4 Å². The van der Waals surface area contributed by atoms with Crippen LogP contribution < -0.4 is 10.6 Å². The van der Waals surface area contributed by atoms with Crippen molar-refractivity contribution < 1.29 is 23.9 Å². The van der Waals surface area contributed by atoms with E-state index in [2.05, 4.69) is 20.1 Å². The number of hydrogen-bond donors (Lipinski definition) is 2. The molecule has 1 aliphatic rings. The molecule has 1 fully saturated rings. The lowest BCUT2D eigenvalue weighted by molar-refractivity contribution is -0.122. The van der Waals surface area contributed by atoms with Gasteiger partial charge in [0.15, 0.2) is 0 Å². The lowest BCUT2D eigenvalue weighted by Crippen LogP contribution is -2.50. The molecule has 1 atom stereocenters. The van der Waals surface area contributed by atoms with Crippen molar-refractivity contribution in [1.29, 1.82) is 0 Å². The molecule has 1 aromatic rings. The molecule has 0 saturated carbocycles. The maximum absolute atomic E-state index is 12.7. The minimum atomic E-state index is -0.618. The molecule has 0 radical (unpaired) electrons. The Morgan fingerprint density at radius 1 is 1.12 bits per heavy atom. The Bertz CT molecular complexity index is 622. The van der Waals surface area contributed by atoms with Crippen molar-refractivity contribution in [3.05, 3.63) is 29.3 Å². The highest BCUT2D eigenvalue weighted by molar-refractivity contribution is 6.02. The number of anilines is 1. The molecular formula is C17H23ClN2O5. The van der Waals surface area contributed by atoms with E-state index in [9.17, 15) is 14.4 Å². The number of carbonyl (C=O) groups is 3. The maximum Gasteiger partial charge on any atom is 0.337 e. The van der Waals surface area contributed by atoms with Gasteiger partial charge in [-0.3, -0.25) is 4.79 Å². The van der Waals surface area contributed by atoms with Crippen LogP contribution in [0.1, 0.15) is 46.9 Å². The highest BCUT2D eigenvalue weighted by Gasteiger charge is 2.39. The molecule has 2 N–H and O–H groups in total. The highest BCUT2D eigenvalue weighted by Crippen LogP contribution is 2.26. The number of hydrogen-bond acceptors (Lipinski definition) is 6. The van der Waals surface area contributed by atoms with Gasteiger partial charge in [0.25, 0.3) is 0 Å². The van der Waals surface area contributed by atoms with Crippen LogP contribution in [0.5, 0.6) is 0 Å². The van der Waals surface area contributed by atoms with E-state index in [-0.39, 0.29) is 29.4 Å². The Morgan fingerprint density at radius 2 is 1.68 bits per heavy atom. The van der Waals surface area contributed by atoms with Crippen LogP contribution in [0.25, 0.3) is 0 Å². The Labute approximate surface area is 152 Å². The topological polar surface area (TPSA) is 93.7 Å². The van der Waals surface area contributed by atoms with E-state index in [1.54, 1.807) is 0 Å². The van der Waals surface area contributed by atoms with Crippen molar-refractivity contribution in [3.8, 4) is 0 Å². The van der Waals surface area contributed by atoms with Crippen LogP contribution in [0.2, 0.25) is 0 Å². The Morgan fingerprint density at radius 3 is 2.08 bits per heavy atom. The minimum Gasteiger partial charge on any atom is -0.465 e. The molecule has 1 aliphatic heterocycles. The Hall–Kier alpha value is -2.12. The van der Waals surface area contributed by atoms with Crippen molar-refractivity contribution in [2.45, 2.75) is 31.7 Å². The fourth-order valence-electron chi connectivity index (χ4n) is 2.88. The molecule has 1 amide bonds. The average molecular weight is 371 g/mol. The van der Waals surface area contributed by atoms with Crippen molar-refractivity contribution in [2.75, 3.05) is 26.1 Å². The predicted molar refractivity (Wildman–Crippen MR) is 95.3 cm³/mol. The first kappa shape index (κ1) is 20.9. The molecule has 0 aliphatic carbocycles. The number of ether oxygens (including phenoxy) is 2. The van der Waals surface area contributed by atoms with Crippen molar-refractivity contribution in [2.24, 2.45) is 0 Å². The summed E-state index contributed by atoms with van der Waals surface area (Å²) in [5.74, 6) is -1.37. The summed E-state index contributed by atoms with van der Waals surface area (Å²) in [5.41, 5.74) is 0.0678. The summed E-state index contributed by atoms with van der Waals surface area (Å²) in [6, 6.07) is 4.33. The van der Waals surface area contributed by atoms with Crippen LogP contribution in [0.15, 0.2) is 18.2 Å². The summed E-state index contributed by atoms with van der Waals surface area (Å²) in [7, 11) is 2.50. The van der Waals surface area contributed by atoms with E-state index in [1.165, 1.54) is 32.4 Å². The first-order chi connectivity index (χ1) is 11.5. The Kier molecular flexibility index (Phi) is 7.38. The van der Waals surface area contributed by atoms with Crippen LogP contribution in [-0.4, -0.2) is 44.1 Å². The van der Waals surface area contributed by atoms with E-state index in [0.29, 0.717) is 12.1 Å². The highest BCUT2D eigenvalue weighted by atomic mass is 35.5. The zero-order chi connectivity index (χ0) is 17.7. The maximum atomic E-state index is 12.7. The molecule has 138 valence electrons. The molecule has 0 aromatic heterocycles. The fourth-order valence-corrected chi connectivity index (χ4v) is 2.88. The molecule has 2 rings (SSSR count). The van der Waals surface area contributed by atoms with E-state index in [0.717, 1.165) is 19.4 Å². The van der Waals surface area contributed by atoms with Gasteiger partial charge in [0, 0.05) is 5.69 Å². The zero-order valence-electron chi connectivity index (χ0n) is 14.5. The monoisotopic (exact) mass is 370 g/mol. The second kappa shape index (κ2) is 8.82. The summed E-state index contributed by atoms with van der Waals surface area (Å²) >= 11 is 0. The number of carbonyl (C=O) groups excluding carboxylic acids is 3. The summed E-state index contributed by atoms with van der Waals surface area (Å²) in [5, 5.41) is 6.04. The van der Waals surface area contributed by atoms with Gasteiger partial charge in [-0.25, -0.2) is 9.59 Å². The number of rotatable bonds is 5. The molecule has 7 nitrogen and oxygen atoms in total. The van der Waals surface area contributed by atoms with Gasteiger partial charge in [-0.15, -0.1) is 12.4 Å². The first-order valence-electron chi connectivity index (χ1n) is 7.84. The number of methoxy groups -OCH3 is 2. The lowest BCUT2D eigenvalue weighted by atomic mass is 9.93. The number of amides is 1. The minimum absolute atomic E-state index is 0. The van der Waals surface area contributed by atoms with Crippen LogP contribution in [-0.2, 0) is 14.3 Å². The third-order valence-corrected chi connectivity index (χ3v) is 4.31. The lowest BCUT2D eigenvalue weighted by Gasteiger charge is -2.26. The van der Waals surface area contributed by atoms with Crippen LogP contribution in [0.4, 0.5) is 5.69 Å². The second-order valence-corrected chi connectivity index (χ2v) is 5.70. The van der Waals surface area contributed by atoms with Gasteiger partial charge in [0.2, 0.25) is 5.91 Å². The van der Waals surface area contributed by atoms with E-state index >= 15 is 0 Å². The molecule has 1 heterocycles. The van der Waals surface area contributed by atoms with Crippen molar-refractivity contribution in [1.82, 2.24) is 5.32 Å². The van der Waals surface area contributed by atoms with Gasteiger partial charge in [-0.05, 0) is 44.0 Å². The van der Waals surface area contributed by atoms with E-state index in [4.69, 9.17) is 0 Å². The van der Waals surface area contributed by atoms with Gasteiger partial charge in [0.1, 0.15) is 0 Å². The molecule has 25 heavy (non-hydrogen) atoms. The molecule has 1 unspecified atom stereocenters. The number of esters is 2. The third kappa shape index (κ3) is 4.49. The summed E-state index contributed by atoms with van der Waals surface area (Å²) < 4.78 is 9.38. The molecule has 1 aromatic carbocycles. The second-order valence-electron chi connectivity index (χ2n) is 5.70. The summed E-state index contributed by atoms with van der Waals surface area (Å²) in [6.07, 6.45) is 2.33. The molecular weight excluding hydrogens is 348 g/mol. The first-order valence-corrected chi connectivity index (χ1v) is 7.84. The molecule has 0 bridgehead atoms. The average Bonchev–Trinajstić information content (AvgIpc) is 3.10. The largest absolute Gasteiger partial charge is 0.465 e. The number of benzene rings is 1. The van der Waals surface area contributed by atoms with Crippen molar-refractivity contribution >= 4 is 35.9 Å². The summed E-state index contributed by atoms with van der Waals surface area (Å²) in [6.45, 7) is 2.74. The normalized spacial score (nSPS) is 18.8. The molecule has 8 heteroatoms. The third-order valence-electron chi connectivity index (χ3n) is 4.31. The van der Waals surface area contributed by atoms with E-state index < -0.39 is 17.5 Å².